The number of nitrogens with one attached hydrogen (secondary N) is 1. The van der Waals surface area contributed by atoms with Crippen LogP contribution in [-0.4, -0.2) is 50.2 Å². The predicted molar refractivity (Wildman–Crippen MR) is 99.0 cm³/mol. The third-order valence-electron chi connectivity index (χ3n) is 3.80. The van der Waals surface area contributed by atoms with Crippen molar-refractivity contribution < 1.29 is 14.3 Å². The highest BCUT2D eigenvalue weighted by Crippen LogP contribution is 2.37. The van der Waals surface area contributed by atoms with Gasteiger partial charge in [0.15, 0.2) is 11.5 Å². The molecule has 136 valence electrons. The van der Waals surface area contributed by atoms with Crippen LogP contribution in [0.4, 0.5) is 0 Å². The van der Waals surface area contributed by atoms with Crippen LogP contribution in [0.25, 0.3) is 0 Å². The first-order valence-corrected chi connectivity index (χ1v) is 8.33. The number of carbonyl (C=O) groups excluding carboxylic acids is 1. The van der Waals surface area contributed by atoms with Crippen molar-refractivity contribution in [2.24, 2.45) is 5.92 Å². The minimum Gasteiger partial charge on any atom is -0.493 e. The van der Waals surface area contributed by atoms with Gasteiger partial charge in [-0.15, -0.1) is 12.4 Å². The van der Waals surface area contributed by atoms with E-state index < -0.39 is 0 Å². The van der Waals surface area contributed by atoms with Gasteiger partial charge in [0.2, 0.25) is 0 Å². The Morgan fingerprint density at radius 2 is 2.17 bits per heavy atom. The van der Waals surface area contributed by atoms with Crippen molar-refractivity contribution in [1.82, 2.24) is 10.2 Å². The van der Waals surface area contributed by atoms with E-state index in [0.717, 1.165) is 13.1 Å². The Bertz CT molecular complexity index is 567. The van der Waals surface area contributed by atoms with Gasteiger partial charge in [-0.25, -0.2) is 0 Å². The number of methoxy groups -OCH3 is 1. The smallest absolute Gasteiger partial charge is 0.254 e. The van der Waals surface area contributed by atoms with Crippen LogP contribution in [0.5, 0.6) is 11.5 Å². The molecule has 1 atom stereocenters. The summed E-state index contributed by atoms with van der Waals surface area (Å²) in [4.78, 5) is 14.6. The first-order valence-electron chi connectivity index (χ1n) is 7.96. The molecule has 0 unspecified atom stereocenters. The molecular formula is C17H26Cl2N2O3. The molecular weight excluding hydrogens is 351 g/mol. The lowest BCUT2D eigenvalue weighted by Crippen LogP contribution is -2.52. The standard InChI is InChI=1S/C17H25ClN2O3.ClH/c1-11(2)10-23-16-14(18)7-13(8-15(16)22-4)17(21)20-6-5-19-9-12(20)3;/h7-8,11-12,19H,5-6,9-10H2,1-4H3;1H/t12-;/m1./s1. The normalized spacial score (nSPS) is 17.4. The molecule has 1 aliphatic rings. The fraction of sp³-hybridized carbons (Fsp3) is 0.588. The van der Waals surface area contributed by atoms with Gasteiger partial charge in [0.05, 0.1) is 18.7 Å². The molecule has 2 rings (SSSR count). The van der Waals surface area contributed by atoms with Gasteiger partial charge >= 0.3 is 0 Å². The van der Waals surface area contributed by atoms with Crippen molar-refractivity contribution in [2.75, 3.05) is 33.4 Å². The van der Waals surface area contributed by atoms with Gasteiger partial charge in [0.1, 0.15) is 0 Å². The molecule has 0 saturated carbocycles. The molecule has 1 aromatic rings. The summed E-state index contributed by atoms with van der Waals surface area (Å²) in [6.07, 6.45) is 0. The summed E-state index contributed by atoms with van der Waals surface area (Å²) in [6.45, 7) is 8.98. The van der Waals surface area contributed by atoms with Gasteiger partial charge in [0.25, 0.3) is 5.91 Å². The second-order valence-corrected chi connectivity index (χ2v) is 6.65. The van der Waals surface area contributed by atoms with Crippen molar-refractivity contribution in [3.8, 4) is 11.5 Å². The van der Waals surface area contributed by atoms with Crippen molar-refractivity contribution in [3.05, 3.63) is 22.7 Å². The number of halogens is 2. The topological polar surface area (TPSA) is 50.8 Å². The second kappa shape index (κ2) is 9.35. The maximum absolute atomic E-state index is 12.8. The molecule has 0 radical (unpaired) electrons. The second-order valence-electron chi connectivity index (χ2n) is 6.25. The number of benzene rings is 1. The molecule has 1 N–H and O–H groups in total. The van der Waals surface area contributed by atoms with Crippen LogP contribution in [0.2, 0.25) is 5.02 Å². The van der Waals surface area contributed by atoms with E-state index in [1.54, 1.807) is 19.2 Å². The Morgan fingerprint density at radius 1 is 1.46 bits per heavy atom. The van der Waals surface area contributed by atoms with E-state index in [2.05, 4.69) is 19.2 Å². The van der Waals surface area contributed by atoms with Crippen LogP contribution < -0.4 is 14.8 Å². The quantitative estimate of drug-likeness (QED) is 0.856. The maximum atomic E-state index is 12.8. The van der Waals surface area contributed by atoms with Gasteiger partial charge in [0, 0.05) is 31.2 Å². The molecule has 24 heavy (non-hydrogen) atoms. The maximum Gasteiger partial charge on any atom is 0.254 e. The molecule has 0 aliphatic carbocycles. The van der Waals surface area contributed by atoms with E-state index in [1.165, 1.54) is 0 Å². The molecule has 0 bridgehead atoms. The third-order valence-corrected chi connectivity index (χ3v) is 4.08. The Hall–Kier alpha value is -1.17. The molecule has 1 heterocycles. The molecule has 7 heteroatoms. The third kappa shape index (κ3) is 4.91. The first kappa shape index (κ1) is 20.9. The summed E-state index contributed by atoms with van der Waals surface area (Å²) in [5.74, 6) is 1.32. The molecule has 0 spiro atoms. The molecule has 1 aromatic carbocycles. The van der Waals surface area contributed by atoms with Crippen LogP contribution in [0.15, 0.2) is 12.1 Å². The molecule has 1 aliphatic heterocycles. The summed E-state index contributed by atoms with van der Waals surface area (Å²) >= 11 is 6.33. The van der Waals surface area contributed by atoms with Crippen molar-refractivity contribution >= 4 is 29.9 Å². The fourth-order valence-corrected chi connectivity index (χ4v) is 2.81. The Morgan fingerprint density at radius 3 is 2.75 bits per heavy atom. The van der Waals surface area contributed by atoms with Crippen LogP contribution in [0.1, 0.15) is 31.1 Å². The number of rotatable bonds is 5. The highest BCUT2D eigenvalue weighted by molar-refractivity contribution is 6.32. The van der Waals surface area contributed by atoms with Gasteiger partial charge in [-0.3, -0.25) is 4.79 Å². The molecule has 1 amide bonds. The summed E-state index contributed by atoms with van der Waals surface area (Å²) < 4.78 is 11.1. The van der Waals surface area contributed by atoms with Crippen molar-refractivity contribution in [3.63, 3.8) is 0 Å². The Kier molecular flexibility index (Phi) is 8.13. The molecule has 1 fully saturated rings. The lowest BCUT2D eigenvalue weighted by molar-refractivity contribution is 0.0655. The first-order chi connectivity index (χ1) is 10.9. The number of carbonyl (C=O) groups is 1. The van der Waals surface area contributed by atoms with Gasteiger partial charge in [-0.2, -0.15) is 0 Å². The SMILES string of the molecule is COc1cc(C(=O)N2CCNC[C@H]2C)cc(Cl)c1OCC(C)C.Cl. The van der Waals surface area contributed by atoms with Gasteiger partial charge in [-0.05, 0) is 25.0 Å². The monoisotopic (exact) mass is 376 g/mol. The van der Waals surface area contributed by atoms with E-state index >= 15 is 0 Å². The lowest BCUT2D eigenvalue weighted by Gasteiger charge is -2.34. The Balaban J connectivity index is 0.00000288. The van der Waals surface area contributed by atoms with Crippen molar-refractivity contribution in [2.45, 2.75) is 26.8 Å². The largest absolute Gasteiger partial charge is 0.493 e. The van der Waals surface area contributed by atoms with E-state index in [1.807, 2.05) is 11.8 Å². The van der Waals surface area contributed by atoms with E-state index in [0.29, 0.717) is 41.2 Å². The zero-order valence-corrected chi connectivity index (χ0v) is 16.2. The fourth-order valence-electron chi connectivity index (χ4n) is 2.54. The van der Waals surface area contributed by atoms with Crippen LogP contribution in [-0.2, 0) is 0 Å². The van der Waals surface area contributed by atoms with Crippen LogP contribution in [0, 0.1) is 5.92 Å². The summed E-state index contributed by atoms with van der Waals surface area (Å²) in [7, 11) is 1.55. The Labute approximate surface area is 155 Å². The number of hydrogen-bond acceptors (Lipinski definition) is 4. The summed E-state index contributed by atoms with van der Waals surface area (Å²) in [5.41, 5.74) is 0.525. The number of nitrogens with zero attached hydrogens (tertiary/aromatic N) is 1. The van der Waals surface area contributed by atoms with Crippen LogP contribution >= 0.6 is 24.0 Å². The van der Waals surface area contributed by atoms with E-state index in [-0.39, 0.29) is 24.4 Å². The lowest BCUT2D eigenvalue weighted by atomic mass is 10.1. The average molecular weight is 377 g/mol. The minimum atomic E-state index is -0.0328. The van der Waals surface area contributed by atoms with E-state index in [4.69, 9.17) is 21.1 Å². The zero-order valence-electron chi connectivity index (χ0n) is 14.6. The number of piperazine rings is 1. The number of ether oxygens (including phenoxy) is 2. The highest BCUT2D eigenvalue weighted by Gasteiger charge is 2.26. The zero-order chi connectivity index (χ0) is 17.0. The molecule has 5 nitrogen and oxygen atoms in total. The molecule has 0 aromatic heterocycles. The van der Waals surface area contributed by atoms with Crippen molar-refractivity contribution in [1.29, 1.82) is 0 Å². The number of amides is 1. The van der Waals surface area contributed by atoms with Crippen LogP contribution in [0.3, 0.4) is 0 Å². The predicted octanol–water partition coefficient (Wildman–Crippen LogP) is 3.24. The highest BCUT2D eigenvalue weighted by atomic mass is 35.5. The van der Waals surface area contributed by atoms with Gasteiger partial charge < -0.3 is 19.7 Å². The number of hydrogen-bond donors (Lipinski definition) is 1. The summed E-state index contributed by atoms with van der Waals surface area (Å²) in [6, 6.07) is 3.52. The van der Waals surface area contributed by atoms with E-state index in [9.17, 15) is 4.79 Å². The molecule has 1 saturated heterocycles. The van der Waals surface area contributed by atoms with Gasteiger partial charge in [-0.1, -0.05) is 25.4 Å². The minimum absolute atomic E-state index is 0. The summed E-state index contributed by atoms with van der Waals surface area (Å²) in [5, 5.41) is 3.68. The average Bonchev–Trinajstić information content (AvgIpc) is 2.52.